The summed E-state index contributed by atoms with van der Waals surface area (Å²) >= 11 is 1.19. The number of hydrogen-bond acceptors (Lipinski definition) is 15. The number of likely N-dealkylation sites (N-methyl/N-ethyl adjacent to an activating group) is 7. The second-order valence-corrected chi connectivity index (χ2v) is 31.2. The largest absolute Gasteiger partial charge is 0.390 e. The molecule has 0 unspecified atom stereocenters. The van der Waals surface area contributed by atoms with Gasteiger partial charge in [0.15, 0.2) is 5.37 Å². The van der Waals surface area contributed by atoms with E-state index in [4.69, 9.17) is 4.74 Å². The molecule has 1 heterocycles. The van der Waals surface area contributed by atoms with Crippen LogP contribution < -0.4 is 21.3 Å². The highest BCUT2D eigenvalue weighted by atomic mass is 32.2. The molecular formula is C72H132N12O13S. The maximum Gasteiger partial charge on any atom is 0.256 e. The second-order valence-electron chi connectivity index (χ2n) is 30.0. The minimum atomic E-state index is -1.65. The molecule has 0 bridgehead atoms. The fraction of sp³-hybridized carbons (Fsp3) is 0.819. The van der Waals surface area contributed by atoms with Gasteiger partial charge in [-0.05, 0) is 148 Å². The van der Waals surface area contributed by atoms with Crippen LogP contribution in [-0.2, 0) is 57.5 Å². The van der Waals surface area contributed by atoms with Crippen LogP contribution in [0.5, 0.6) is 0 Å². The molecule has 11 amide bonds. The van der Waals surface area contributed by atoms with Gasteiger partial charge in [0.2, 0.25) is 59.1 Å². The Balaban J connectivity index is 4.62. The number of thioether (sulfide) groups is 1. The first-order valence-electron chi connectivity index (χ1n) is 35.6. The Hall–Kier alpha value is -5.86. The highest BCUT2D eigenvalue weighted by molar-refractivity contribution is 8.00. The third kappa shape index (κ3) is 25.9. The van der Waals surface area contributed by atoms with E-state index in [0.29, 0.717) is 24.6 Å². The number of allylic oxidation sites excluding steroid dienone is 2. The molecule has 0 aromatic rings. The molecule has 98 heavy (non-hydrogen) atoms. The molecule has 564 valence electrons. The van der Waals surface area contributed by atoms with Crippen molar-refractivity contribution < 1.29 is 62.6 Å². The number of hydrogen-bond donors (Lipinski definition) is 5. The van der Waals surface area contributed by atoms with Gasteiger partial charge >= 0.3 is 0 Å². The molecule has 0 aromatic heterocycles. The zero-order valence-electron chi connectivity index (χ0n) is 65.2. The SMILES string of the molecule is C/C=C/C[C@@H](C)[C@@H](O)[C@H]1C(=O)N[C@@H](CC)C(=O)N(C)[C@H](SCCCCN(CC)C(C)C)C(=O)N(C)[C@@H](CC(C)(C)OC)C(=O)N[C@@H](C(C)C)C(=O)N(C)[C@@H](CC(C)C)C(=O)N[C@@H](C)C(=O)N[C@H](C)C(=O)N(C)[C@@H](CC(C)C)C(=O)N(C)[C@@H](CC(C)C)C(=O)N(C)[C@@H](C(C)C)C(=O)N1C. The Kier molecular flexibility index (Phi) is 38.4. The summed E-state index contributed by atoms with van der Waals surface area (Å²) in [6.45, 7) is 37.7. The van der Waals surface area contributed by atoms with Crippen molar-refractivity contribution in [3.05, 3.63) is 12.2 Å². The molecular weight excluding hydrogens is 1270 g/mol. The molecule has 0 aromatic carbocycles. The van der Waals surface area contributed by atoms with Crippen molar-refractivity contribution >= 4 is 76.7 Å². The van der Waals surface area contributed by atoms with E-state index >= 15 is 33.6 Å². The summed E-state index contributed by atoms with van der Waals surface area (Å²) in [7, 11) is 11.5. The number of ether oxygens (including phenoxy) is 1. The van der Waals surface area contributed by atoms with Crippen molar-refractivity contribution in [3.63, 3.8) is 0 Å². The van der Waals surface area contributed by atoms with E-state index in [1.807, 2.05) is 54.5 Å². The number of unbranched alkanes of at least 4 members (excludes halogenated alkanes) is 1. The van der Waals surface area contributed by atoms with Crippen molar-refractivity contribution in [3.8, 4) is 0 Å². The van der Waals surface area contributed by atoms with Crippen LogP contribution in [0.25, 0.3) is 0 Å². The van der Waals surface area contributed by atoms with Gasteiger partial charge in [-0.3, -0.25) is 52.7 Å². The molecule has 25 nitrogen and oxygen atoms in total. The van der Waals surface area contributed by atoms with E-state index in [2.05, 4.69) is 46.9 Å². The number of amides is 11. The summed E-state index contributed by atoms with van der Waals surface area (Å²) in [5.74, 6) is -9.53. The third-order valence-corrected chi connectivity index (χ3v) is 20.3. The van der Waals surface area contributed by atoms with Crippen molar-refractivity contribution in [1.82, 2.24) is 60.5 Å². The zero-order valence-corrected chi connectivity index (χ0v) is 66.1. The molecule has 1 aliphatic rings. The number of nitrogens with zero attached hydrogens (tertiary/aromatic N) is 8. The fourth-order valence-electron chi connectivity index (χ4n) is 12.3. The van der Waals surface area contributed by atoms with E-state index in [0.717, 1.165) is 24.4 Å². The standard InChI is InChI=1S/C72H132N12O13S/c1-29-32-35-48(16)59(85)58-63(89)75-51(30-2)65(91)83(27)71(98-37-34-33-36-84(31-3)47(14)15)70(96)80(24)55(41-72(19,20)97-28)62(88)76-56(45(10)11)68(94)77(21)52(38-42(4)5)61(87)73-49(17)60(86)74-50(18)64(90)78(22)53(39-43(6)7)66(92)79(23)54(40-44(8)9)67(93)81(25)57(46(12)13)69(95)82(58)26/h29,32,42-59,71,85H,30-31,33-41H2,1-28H3,(H,73,87)(H,74,86)(H,75,89)(H,76,88)/b32-29+/t48-,49+,50-,51+,52+,53+,54+,55+,56+,57+,58+,59-,71-/m1/s1. The van der Waals surface area contributed by atoms with Crippen LogP contribution in [0.2, 0.25) is 0 Å². The highest BCUT2D eigenvalue weighted by Gasteiger charge is 2.47. The molecule has 0 aliphatic carbocycles. The number of carbonyl (C=O) groups is 11. The van der Waals surface area contributed by atoms with Crippen LogP contribution in [0.3, 0.4) is 0 Å². The molecule has 5 N–H and O–H groups in total. The molecule has 0 radical (unpaired) electrons. The van der Waals surface area contributed by atoms with E-state index < -0.39 is 160 Å². The van der Waals surface area contributed by atoms with E-state index in [-0.39, 0.29) is 49.9 Å². The lowest BCUT2D eigenvalue weighted by molar-refractivity contribution is -0.157. The Labute approximate surface area is 593 Å². The van der Waals surface area contributed by atoms with Crippen LogP contribution in [0, 0.1) is 35.5 Å². The van der Waals surface area contributed by atoms with Crippen LogP contribution >= 0.6 is 11.8 Å². The van der Waals surface area contributed by atoms with Gasteiger partial charge in [-0.25, -0.2) is 0 Å². The van der Waals surface area contributed by atoms with E-state index in [1.165, 1.54) is 111 Å². The Morgan fingerprint density at radius 3 is 1.47 bits per heavy atom. The monoisotopic (exact) mass is 1400 g/mol. The van der Waals surface area contributed by atoms with Gasteiger partial charge in [0, 0.05) is 68.9 Å². The number of methoxy groups -OCH3 is 1. The predicted molar refractivity (Wildman–Crippen MR) is 388 cm³/mol. The predicted octanol–water partition coefficient (Wildman–Crippen LogP) is 5.61. The molecule has 1 rings (SSSR count). The Morgan fingerprint density at radius 1 is 0.531 bits per heavy atom. The van der Waals surface area contributed by atoms with Gasteiger partial charge in [0.05, 0.1) is 11.7 Å². The smallest absolute Gasteiger partial charge is 0.256 e. The topological polar surface area (TPSA) is 291 Å². The van der Waals surface area contributed by atoms with Crippen molar-refractivity contribution in [2.24, 2.45) is 35.5 Å². The number of rotatable bonds is 24. The van der Waals surface area contributed by atoms with E-state index in [1.54, 1.807) is 61.5 Å². The quantitative estimate of drug-likeness (QED) is 0.0580. The summed E-state index contributed by atoms with van der Waals surface area (Å²) < 4.78 is 5.86. The third-order valence-electron chi connectivity index (χ3n) is 19.0. The van der Waals surface area contributed by atoms with Gasteiger partial charge in [0.1, 0.15) is 60.4 Å². The first-order chi connectivity index (χ1) is 45.3. The molecule has 0 spiro atoms. The molecule has 1 saturated heterocycles. The van der Waals surface area contributed by atoms with Crippen LogP contribution in [0.1, 0.15) is 190 Å². The Bertz CT molecular complexity index is 2660. The molecule has 0 saturated carbocycles. The molecule has 13 atom stereocenters. The summed E-state index contributed by atoms with van der Waals surface area (Å²) in [5, 5.41) is 22.3. The fourth-order valence-corrected chi connectivity index (χ4v) is 13.6. The lowest BCUT2D eigenvalue weighted by atomic mass is 9.91. The molecule has 26 heteroatoms. The zero-order chi connectivity index (χ0) is 75.9. The van der Waals surface area contributed by atoms with Gasteiger partial charge in [-0.2, -0.15) is 0 Å². The normalized spacial score (nSPS) is 25.9. The summed E-state index contributed by atoms with van der Waals surface area (Å²) in [6, 6.07) is -12.6. The van der Waals surface area contributed by atoms with Crippen LogP contribution in [0.4, 0.5) is 0 Å². The van der Waals surface area contributed by atoms with Crippen LogP contribution in [-0.4, -0.2) is 268 Å². The van der Waals surface area contributed by atoms with Crippen molar-refractivity contribution in [1.29, 1.82) is 0 Å². The average Bonchev–Trinajstić information content (AvgIpc) is 0.805. The molecule has 1 fully saturated rings. The lowest BCUT2D eigenvalue weighted by Crippen LogP contribution is -2.64. The first-order valence-corrected chi connectivity index (χ1v) is 36.7. The minimum absolute atomic E-state index is 0.0107. The lowest BCUT2D eigenvalue weighted by Gasteiger charge is -2.41. The average molecular weight is 1410 g/mol. The number of aliphatic hydroxyl groups is 1. The number of nitrogens with one attached hydrogen (secondary N) is 4. The summed E-state index contributed by atoms with van der Waals surface area (Å²) in [5.41, 5.74) is -1.05. The number of aliphatic hydroxyl groups excluding tert-OH is 1. The first kappa shape index (κ1) is 90.2. The van der Waals surface area contributed by atoms with Gasteiger partial charge in [-0.1, -0.05) is 102 Å². The van der Waals surface area contributed by atoms with Gasteiger partial charge < -0.3 is 70.3 Å². The number of carbonyl (C=O) groups excluding carboxylic acids is 11. The Morgan fingerprint density at radius 2 is 1.00 bits per heavy atom. The van der Waals surface area contributed by atoms with Crippen LogP contribution in [0.15, 0.2) is 12.2 Å². The summed E-state index contributed by atoms with van der Waals surface area (Å²) in [4.78, 5) is 176. The van der Waals surface area contributed by atoms with Crippen molar-refractivity contribution in [2.45, 2.75) is 273 Å². The molecule has 1 aliphatic heterocycles. The highest BCUT2D eigenvalue weighted by Crippen LogP contribution is 2.29. The maximum absolute atomic E-state index is 15.6. The second kappa shape index (κ2) is 41.8. The van der Waals surface area contributed by atoms with Crippen molar-refractivity contribution in [2.75, 3.05) is 75.3 Å². The maximum atomic E-state index is 15.6. The minimum Gasteiger partial charge on any atom is -0.390 e. The summed E-state index contributed by atoms with van der Waals surface area (Å²) in [6.07, 6.45) is 4.09. The van der Waals surface area contributed by atoms with Gasteiger partial charge in [0.25, 0.3) is 5.91 Å². The van der Waals surface area contributed by atoms with E-state index in [9.17, 15) is 24.3 Å². The van der Waals surface area contributed by atoms with Gasteiger partial charge in [-0.15, -0.1) is 11.8 Å².